The second kappa shape index (κ2) is 11.8. The normalized spacial score (nSPS) is 12.0. The van der Waals surface area contributed by atoms with Gasteiger partial charge in [-0.25, -0.2) is 0 Å². The Morgan fingerprint density at radius 2 is 0.655 bits per heavy atom. The predicted molar refractivity (Wildman–Crippen MR) is 234 cm³/mol. The van der Waals surface area contributed by atoms with Gasteiger partial charge in [-0.1, -0.05) is 71.8 Å². The van der Waals surface area contributed by atoms with Gasteiger partial charge in [0.15, 0.2) is 0 Å². The smallest absolute Gasteiger partial charge is 0.0541 e. The molecule has 3 heteroatoms. The van der Waals surface area contributed by atoms with Gasteiger partial charge in [0.25, 0.3) is 0 Å². The summed E-state index contributed by atoms with van der Waals surface area (Å²) in [5.74, 6) is 0. The molecule has 0 aliphatic heterocycles. The number of hydrogen-bond donors (Lipinski definition) is 1. The monoisotopic (exact) mass is 705 g/mol. The molecule has 0 saturated heterocycles. The lowest BCUT2D eigenvalue weighted by Crippen LogP contribution is -1.94. The molecule has 0 saturated carbocycles. The van der Waals surface area contributed by atoms with Crippen molar-refractivity contribution in [3.8, 4) is 33.6 Å². The van der Waals surface area contributed by atoms with Crippen LogP contribution < -0.4 is 0 Å². The lowest BCUT2D eigenvalue weighted by molar-refractivity contribution is 1.17. The first-order chi connectivity index (χ1) is 26.9. The van der Waals surface area contributed by atoms with Crippen LogP contribution in [0.15, 0.2) is 158 Å². The van der Waals surface area contributed by atoms with E-state index in [9.17, 15) is 0 Å². The van der Waals surface area contributed by atoms with Gasteiger partial charge in [0.2, 0.25) is 0 Å². The predicted octanol–water partition coefficient (Wildman–Crippen LogP) is 14.1. The highest BCUT2D eigenvalue weighted by Crippen LogP contribution is 2.39. The summed E-state index contributed by atoms with van der Waals surface area (Å²) in [6.45, 7) is 8.69. The van der Waals surface area contributed by atoms with Crippen LogP contribution in [0, 0.1) is 27.7 Å². The van der Waals surface area contributed by atoms with E-state index >= 15 is 0 Å². The molecule has 0 atom stereocenters. The van der Waals surface area contributed by atoms with Gasteiger partial charge in [-0.15, -0.1) is 0 Å². The summed E-state index contributed by atoms with van der Waals surface area (Å²) in [6, 6.07) is 58.9. The van der Waals surface area contributed by atoms with E-state index in [-0.39, 0.29) is 0 Å². The number of aromatic nitrogens is 3. The first-order valence-electron chi connectivity index (χ1n) is 19.2. The van der Waals surface area contributed by atoms with Crippen LogP contribution >= 0.6 is 0 Å². The fourth-order valence-corrected chi connectivity index (χ4v) is 8.98. The maximum Gasteiger partial charge on any atom is 0.0541 e. The third-order valence-electron chi connectivity index (χ3n) is 11.6. The summed E-state index contributed by atoms with van der Waals surface area (Å²) in [6.07, 6.45) is 0. The zero-order valence-electron chi connectivity index (χ0n) is 31.4. The lowest BCUT2D eigenvalue weighted by atomic mass is 9.98. The molecule has 0 unspecified atom stereocenters. The third kappa shape index (κ3) is 4.97. The second-order valence-electron chi connectivity index (χ2n) is 15.5. The standard InChI is InChI=1S/C52H39N3/c1-31-7-5-9-39(23-31)54-49-19-11-33(3)25-43(49)45-29-37(15-21-51(45)54)35-13-17-47-41(27-35)42-28-36(14-18-48(42)53-47)38-16-22-52-46(30-38)44-26-34(4)12-20-50(44)55(52)40-10-6-8-32(2)24-40/h5-30,53H,1-4H3. The van der Waals surface area contributed by atoms with E-state index < -0.39 is 0 Å². The summed E-state index contributed by atoms with van der Waals surface area (Å²) in [4.78, 5) is 3.70. The summed E-state index contributed by atoms with van der Waals surface area (Å²) in [5.41, 5.74) is 19.5. The molecule has 0 bridgehead atoms. The van der Waals surface area contributed by atoms with Gasteiger partial charge >= 0.3 is 0 Å². The van der Waals surface area contributed by atoms with Gasteiger partial charge in [-0.3, -0.25) is 0 Å². The van der Waals surface area contributed by atoms with Crippen molar-refractivity contribution in [2.45, 2.75) is 27.7 Å². The summed E-state index contributed by atoms with van der Waals surface area (Å²) >= 11 is 0. The van der Waals surface area contributed by atoms with Crippen LogP contribution in [0.1, 0.15) is 22.3 Å². The van der Waals surface area contributed by atoms with E-state index in [1.165, 1.54) is 110 Å². The van der Waals surface area contributed by atoms with Gasteiger partial charge < -0.3 is 14.1 Å². The number of nitrogens with zero attached hydrogens (tertiary/aromatic N) is 2. The summed E-state index contributed by atoms with van der Waals surface area (Å²) < 4.78 is 4.81. The minimum Gasteiger partial charge on any atom is -0.355 e. The van der Waals surface area contributed by atoms with E-state index in [1.807, 2.05) is 0 Å². The molecule has 8 aromatic carbocycles. The molecule has 0 aliphatic rings. The van der Waals surface area contributed by atoms with Crippen molar-refractivity contribution in [1.82, 2.24) is 14.1 Å². The minimum absolute atomic E-state index is 1.15. The van der Waals surface area contributed by atoms with Crippen LogP contribution in [0.2, 0.25) is 0 Å². The molecule has 3 aromatic heterocycles. The number of benzene rings is 8. The molecule has 0 aliphatic carbocycles. The second-order valence-corrected chi connectivity index (χ2v) is 15.5. The van der Waals surface area contributed by atoms with Crippen LogP contribution in [0.25, 0.3) is 99.0 Å². The quantitative estimate of drug-likeness (QED) is 0.189. The number of H-pyrrole nitrogens is 1. The molecule has 55 heavy (non-hydrogen) atoms. The van der Waals surface area contributed by atoms with Gasteiger partial charge in [0.1, 0.15) is 0 Å². The highest BCUT2D eigenvalue weighted by Gasteiger charge is 2.17. The number of fused-ring (bicyclic) bond motifs is 9. The molecular weight excluding hydrogens is 667 g/mol. The van der Waals surface area contributed by atoms with Crippen molar-refractivity contribution < 1.29 is 0 Å². The molecule has 11 rings (SSSR count). The fraction of sp³-hybridized carbons (Fsp3) is 0.0769. The molecule has 3 heterocycles. The highest BCUT2D eigenvalue weighted by atomic mass is 15.0. The van der Waals surface area contributed by atoms with E-state index in [4.69, 9.17) is 0 Å². The first-order valence-corrected chi connectivity index (χ1v) is 19.2. The average Bonchev–Trinajstić information content (AvgIpc) is 3.84. The van der Waals surface area contributed by atoms with Crippen LogP contribution in [0.3, 0.4) is 0 Å². The Kier molecular flexibility index (Phi) is 6.81. The Morgan fingerprint density at radius 3 is 1.07 bits per heavy atom. The Labute approximate surface area is 319 Å². The molecule has 0 amide bonds. The molecule has 11 aromatic rings. The van der Waals surface area contributed by atoms with Crippen molar-refractivity contribution in [3.63, 3.8) is 0 Å². The molecule has 0 radical (unpaired) electrons. The minimum atomic E-state index is 1.15. The number of aromatic amines is 1. The van der Waals surface area contributed by atoms with E-state index in [2.05, 4.69) is 200 Å². The van der Waals surface area contributed by atoms with Crippen molar-refractivity contribution in [3.05, 3.63) is 180 Å². The van der Waals surface area contributed by atoms with E-state index in [0.717, 1.165) is 11.0 Å². The van der Waals surface area contributed by atoms with E-state index in [0.29, 0.717) is 0 Å². The highest BCUT2D eigenvalue weighted by molar-refractivity contribution is 6.14. The number of rotatable bonds is 4. The van der Waals surface area contributed by atoms with E-state index in [1.54, 1.807) is 0 Å². The molecule has 1 N–H and O–H groups in total. The number of nitrogens with one attached hydrogen (secondary N) is 1. The van der Waals surface area contributed by atoms with Crippen molar-refractivity contribution in [2.24, 2.45) is 0 Å². The van der Waals surface area contributed by atoms with Gasteiger partial charge in [-0.05, 0) is 158 Å². The average molecular weight is 706 g/mol. The largest absolute Gasteiger partial charge is 0.355 e. The van der Waals surface area contributed by atoms with Crippen LogP contribution in [-0.4, -0.2) is 14.1 Å². The molecular formula is C52H39N3. The molecule has 262 valence electrons. The molecule has 3 nitrogen and oxygen atoms in total. The zero-order chi connectivity index (χ0) is 36.9. The SMILES string of the molecule is Cc1cccc(-n2c3ccc(C)cc3c3cc(-c4ccc5[nH]c6ccc(-c7ccc8c(c7)c7cc(C)ccc7n8-c7cccc(C)c7)cc6c5c4)ccc32)c1. The first kappa shape index (κ1) is 31.7. The van der Waals surface area contributed by atoms with Gasteiger partial charge in [0, 0.05) is 54.7 Å². The fourth-order valence-electron chi connectivity index (χ4n) is 8.98. The Bertz CT molecular complexity index is 3140. The Morgan fingerprint density at radius 1 is 0.309 bits per heavy atom. The maximum atomic E-state index is 3.70. The van der Waals surface area contributed by atoms with Crippen LogP contribution in [-0.2, 0) is 0 Å². The van der Waals surface area contributed by atoms with Crippen molar-refractivity contribution in [2.75, 3.05) is 0 Å². The Balaban J connectivity index is 1.05. The van der Waals surface area contributed by atoms with Crippen LogP contribution in [0.4, 0.5) is 0 Å². The Hall–Kier alpha value is -6.84. The van der Waals surface area contributed by atoms with Crippen molar-refractivity contribution >= 4 is 65.4 Å². The zero-order valence-corrected chi connectivity index (χ0v) is 31.4. The maximum absolute atomic E-state index is 3.70. The van der Waals surface area contributed by atoms with Gasteiger partial charge in [-0.2, -0.15) is 0 Å². The molecule has 0 fully saturated rings. The lowest BCUT2D eigenvalue weighted by Gasteiger charge is -2.09. The summed E-state index contributed by atoms with van der Waals surface area (Å²) in [5, 5.41) is 7.58. The third-order valence-corrected chi connectivity index (χ3v) is 11.6. The molecule has 0 spiro atoms. The topological polar surface area (TPSA) is 25.6 Å². The van der Waals surface area contributed by atoms with Crippen LogP contribution in [0.5, 0.6) is 0 Å². The van der Waals surface area contributed by atoms with Gasteiger partial charge in [0.05, 0.1) is 22.1 Å². The summed E-state index contributed by atoms with van der Waals surface area (Å²) in [7, 11) is 0. The van der Waals surface area contributed by atoms with Crippen molar-refractivity contribution in [1.29, 1.82) is 0 Å². The number of aryl methyl sites for hydroxylation is 4. The number of hydrogen-bond acceptors (Lipinski definition) is 0.